The number of nitrogens with one attached hydrogen (secondary N) is 2. The molecule has 0 unspecified atom stereocenters. The third kappa shape index (κ3) is 19.4. The molecule has 468 valence electrons. The van der Waals surface area contributed by atoms with Crippen LogP contribution in [-0.4, -0.2) is 70.0 Å². The molecule has 88 heavy (non-hydrogen) atoms. The summed E-state index contributed by atoms with van der Waals surface area (Å²) in [5.41, 5.74) is 14.0. The summed E-state index contributed by atoms with van der Waals surface area (Å²) in [6.45, 7) is 26.4. The summed E-state index contributed by atoms with van der Waals surface area (Å²) in [5.74, 6) is -1.79. The molecule has 0 saturated heterocycles. The quantitative estimate of drug-likeness (QED) is 0.0398. The van der Waals surface area contributed by atoms with Crippen molar-refractivity contribution < 1.29 is 47.4 Å². The van der Waals surface area contributed by atoms with Gasteiger partial charge in [0.1, 0.15) is 31.3 Å². The van der Waals surface area contributed by atoms with Gasteiger partial charge in [0, 0.05) is 22.9 Å². The summed E-state index contributed by atoms with van der Waals surface area (Å²) < 4.78 is 23.7. The Bertz CT molecular complexity index is 3190. The van der Waals surface area contributed by atoms with Crippen LogP contribution in [0.1, 0.15) is 122 Å². The topological polar surface area (TPSA) is 193 Å². The van der Waals surface area contributed by atoms with Crippen LogP contribution in [0.4, 0.5) is 9.59 Å². The number of aliphatic carboxylic acids is 1. The second-order valence-corrected chi connectivity index (χ2v) is 35.3. The van der Waals surface area contributed by atoms with Crippen LogP contribution in [-0.2, 0) is 75.3 Å². The number of benzene rings is 7. The Morgan fingerprint density at radius 3 is 0.966 bits per heavy atom. The second kappa shape index (κ2) is 33.9. The van der Waals surface area contributed by atoms with Gasteiger partial charge in [0.15, 0.2) is 0 Å². The van der Waals surface area contributed by atoms with Gasteiger partial charge in [-0.2, -0.15) is 0 Å². The van der Waals surface area contributed by atoms with Crippen LogP contribution in [0, 0.1) is 0 Å². The first kappa shape index (κ1) is 70.6. The predicted molar refractivity (Wildman–Crippen MR) is 356 cm³/mol. The molecule has 7 rings (SSSR count). The average molecular weight is 1230 g/mol. The van der Waals surface area contributed by atoms with Crippen LogP contribution in [0.3, 0.4) is 0 Å². The van der Waals surface area contributed by atoms with Gasteiger partial charge in [0.2, 0.25) is 0 Å². The van der Waals surface area contributed by atoms with E-state index in [0.717, 1.165) is 33.4 Å². The van der Waals surface area contributed by atoms with E-state index in [1.54, 1.807) is 0 Å². The van der Waals surface area contributed by atoms with E-state index in [-0.39, 0.29) is 57.8 Å². The number of ether oxygens (including phenoxy) is 2. The van der Waals surface area contributed by atoms with Crippen molar-refractivity contribution in [3.05, 3.63) is 251 Å². The number of amides is 2. The maximum Gasteiger partial charge on any atom is 0.408 e. The number of hydrogen-bond donors (Lipinski definition) is 4. The first-order valence-electron chi connectivity index (χ1n) is 30.5. The summed E-state index contributed by atoms with van der Waals surface area (Å²) in [7, 11) is -5.42. The van der Waals surface area contributed by atoms with Gasteiger partial charge in [0.05, 0.1) is 0 Å². The Morgan fingerprint density at radius 1 is 0.398 bits per heavy atom. The van der Waals surface area contributed by atoms with Gasteiger partial charge in [-0.15, -0.1) is 0 Å². The van der Waals surface area contributed by atoms with Crippen molar-refractivity contribution in [3.63, 3.8) is 0 Å². The smallest absolute Gasteiger partial charge is 0.408 e. The fraction of sp³-hybridized carbons (Fsp3) is 0.356. The molecule has 0 aliphatic rings. The van der Waals surface area contributed by atoms with E-state index in [1.807, 2.05) is 176 Å². The van der Waals surface area contributed by atoms with E-state index >= 15 is 0 Å². The minimum Gasteiger partial charge on any atom is -0.516 e. The number of carbonyl (C=O) groups is 5. The standard InChI is InChI=1S/C32H41NO4Si.C24H35NO2Si.C17H17NO4/c1-24(2)38(25(3)4,32(5,6)28-20-14-9-15-21-28)37-30(34)29(22-26-16-10-7-11-17-26)33-31(35)36-23-27-18-12-8-13-19-27;1-18(2)28(19(3)4,24(5,6)21-15-11-8-12-16-21)27-23(26)22(25)17-20-13-9-7-10-14-20;19-16(20)15(11-13-7-3-1-4-8-13)18-17(21)22-12-14-9-5-2-6-10-14/h7-21,24-25,29H,22-23H2,1-6H3,(H,33,35);7-16,18-19,22H,17,25H2,1-6H3;1-10,15H,11-12H2,(H,18,21)(H,19,20)/t29-;22-;15-/m000/s1. The van der Waals surface area contributed by atoms with Crippen LogP contribution in [0.25, 0.3) is 0 Å². The molecule has 0 saturated carbocycles. The second-order valence-electron chi connectivity index (χ2n) is 24.6. The summed E-state index contributed by atoms with van der Waals surface area (Å²) in [6, 6.07) is 65.5. The number of carboxylic acids is 1. The Labute approximate surface area is 525 Å². The van der Waals surface area contributed by atoms with Gasteiger partial charge in [-0.3, -0.25) is 9.59 Å². The molecule has 0 aliphatic heterocycles. The SMILES string of the molecule is CC(C)[Si](OC(=O)[C@@H](N)Cc1ccccc1)(C(C)C)C(C)(C)c1ccccc1.CC(C)[Si](OC(=O)[C@H](Cc1ccccc1)NC(=O)OCc1ccccc1)(C(C)C)C(C)(C)c1ccccc1.O=C(N[C@@H](Cc1ccccc1)C(=O)O)OCc1ccccc1. The zero-order valence-corrected chi connectivity index (χ0v) is 55.5. The van der Waals surface area contributed by atoms with Crippen molar-refractivity contribution >= 4 is 46.7 Å². The highest BCUT2D eigenvalue weighted by Gasteiger charge is 2.59. The Kier molecular flexibility index (Phi) is 27.2. The Balaban J connectivity index is 0.000000250. The van der Waals surface area contributed by atoms with E-state index in [1.165, 1.54) is 5.56 Å². The molecular weight excluding hydrogens is 1130 g/mol. The average Bonchev–Trinajstić information content (AvgIpc) is 0.896. The van der Waals surface area contributed by atoms with Gasteiger partial charge in [-0.1, -0.05) is 295 Å². The number of alkyl carbamates (subject to hydrolysis) is 2. The summed E-state index contributed by atoms with van der Waals surface area (Å²) in [6.07, 6.45) is -0.377. The van der Waals surface area contributed by atoms with Crippen molar-refractivity contribution in [2.24, 2.45) is 5.73 Å². The third-order valence-corrected chi connectivity index (χ3v) is 29.1. The van der Waals surface area contributed by atoms with Gasteiger partial charge in [0.25, 0.3) is 16.6 Å². The van der Waals surface area contributed by atoms with Crippen LogP contribution in [0.15, 0.2) is 212 Å². The maximum atomic E-state index is 14.0. The predicted octanol–water partition coefficient (Wildman–Crippen LogP) is 15.3. The summed E-state index contributed by atoms with van der Waals surface area (Å²) in [5, 5.41) is 13.8. The minimum atomic E-state index is -2.83. The van der Waals surface area contributed by atoms with Crippen LogP contribution in [0.2, 0.25) is 22.2 Å². The summed E-state index contributed by atoms with van der Waals surface area (Å²) in [4.78, 5) is 63.0. The largest absolute Gasteiger partial charge is 0.516 e. The number of nitrogens with two attached hydrogens (primary N) is 1. The van der Waals surface area contributed by atoms with Gasteiger partial charge < -0.3 is 39.8 Å². The number of carbonyl (C=O) groups excluding carboxylic acids is 4. The van der Waals surface area contributed by atoms with Crippen molar-refractivity contribution in [3.8, 4) is 0 Å². The zero-order chi connectivity index (χ0) is 64.5. The molecule has 0 spiro atoms. The lowest BCUT2D eigenvalue weighted by molar-refractivity contribution is -0.139. The molecule has 7 aromatic rings. The number of carboxylic acid groups (broad SMARTS) is 1. The van der Waals surface area contributed by atoms with Crippen molar-refractivity contribution in [1.82, 2.24) is 10.6 Å². The third-order valence-electron chi connectivity index (χ3n) is 16.7. The minimum absolute atomic E-state index is 0.102. The molecule has 5 N–H and O–H groups in total. The molecule has 7 aromatic carbocycles. The van der Waals surface area contributed by atoms with Crippen LogP contribution in [0.5, 0.6) is 0 Å². The van der Waals surface area contributed by atoms with Gasteiger partial charge in [-0.05, 0) is 67.5 Å². The molecule has 0 fully saturated rings. The Morgan fingerprint density at radius 2 is 0.659 bits per heavy atom. The van der Waals surface area contributed by atoms with E-state index in [9.17, 15) is 29.1 Å². The summed E-state index contributed by atoms with van der Waals surface area (Å²) >= 11 is 0. The molecule has 2 amide bonds. The van der Waals surface area contributed by atoms with E-state index < -0.39 is 58.9 Å². The van der Waals surface area contributed by atoms with Gasteiger partial charge >= 0.3 is 30.1 Å². The van der Waals surface area contributed by atoms with E-state index in [4.69, 9.17) is 24.1 Å². The van der Waals surface area contributed by atoms with Gasteiger partial charge in [-0.25, -0.2) is 14.4 Å². The maximum absolute atomic E-state index is 14.0. The lowest BCUT2D eigenvalue weighted by atomic mass is 10.0. The highest BCUT2D eigenvalue weighted by atomic mass is 28.4. The van der Waals surface area contributed by atoms with Crippen molar-refractivity contribution in [2.75, 3.05) is 0 Å². The zero-order valence-electron chi connectivity index (χ0n) is 53.5. The highest BCUT2D eigenvalue weighted by molar-refractivity contribution is 6.81. The first-order chi connectivity index (χ1) is 41.8. The van der Waals surface area contributed by atoms with Crippen molar-refractivity contribution in [1.29, 1.82) is 0 Å². The normalized spacial score (nSPS) is 12.7. The molecule has 0 bridgehead atoms. The molecule has 13 nitrogen and oxygen atoms in total. The molecule has 0 aromatic heterocycles. The lowest BCUT2D eigenvalue weighted by Crippen LogP contribution is -2.62. The molecular formula is C73H93N3O10Si2. The highest BCUT2D eigenvalue weighted by Crippen LogP contribution is 2.49. The number of rotatable bonds is 25. The van der Waals surface area contributed by atoms with Crippen molar-refractivity contribution in [2.45, 2.75) is 166 Å². The van der Waals surface area contributed by atoms with Crippen LogP contribution < -0.4 is 16.4 Å². The molecule has 0 heterocycles. The lowest BCUT2D eigenvalue weighted by Gasteiger charge is -2.49. The van der Waals surface area contributed by atoms with E-state index in [0.29, 0.717) is 12.8 Å². The Hall–Kier alpha value is -8.12. The number of hydrogen-bond acceptors (Lipinski definition) is 10. The molecule has 0 aliphatic carbocycles. The van der Waals surface area contributed by atoms with Crippen LogP contribution >= 0.6 is 0 Å². The first-order valence-corrected chi connectivity index (χ1v) is 34.6. The van der Waals surface area contributed by atoms with E-state index in [2.05, 4.69) is 130 Å². The molecule has 15 heteroatoms. The molecule has 0 radical (unpaired) electrons. The fourth-order valence-corrected chi connectivity index (χ4v) is 24.5. The molecule has 3 atom stereocenters. The monoisotopic (exact) mass is 1230 g/mol. The fourth-order valence-electron chi connectivity index (χ4n) is 12.4.